The SMILES string of the molecule is CCCNc1cc(COC)nc(-c2ccc(Br)cc2)n1. The Balaban J connectivity index is 2.34. The number of nitrogens with zero attached hydrogens (tertiary/aromatic N) is 2. The van der Waals surface area contributed by atoms with Crippen LogP contribution in [0.2, 0.25) is 0 Å². The van der Waals surface area contributed by atoms with E-state index >= 15 is 0 Å². The van der Waals surface area contributed by atoms with Crippen molar-refractivity contribution in [1.29, 1.82) is 0 Å². The van der Waals surface area contributed by atoms with E-state index in [-0.39, 0.29) is 0 Å². The highest BCUT2D eigenvalue weighted by molar-refractivity contribution is 9.10. The van der Waals surface area contributed by atoms with Crippen molar-refractivity contribution in [3.05, 3.63) is 40.5 Å². The molecule has 0 bridgehead atoms. The summed E-state index contributed by atoms with van der Waals surface area (Å²) >= 11 is 3.43. The number of halogens is 1. The summed E-state index contributed by atoms with van der Waals surface area (Å²) < 4.78 is 6.21. The van der Waals surface area contributed by atoms with Gasteiger partial charge in [0.25, 0.3) is 0 Å². The molecule has 1 aromatic heterocycles. The van der Waals surface area contributed by atoms with Crippen LogP contribution in [-0.4, -0.2) is 23.6 Å². The lowest BCUT2D eigenvalue weighted by molar-refractivity contribution is 0.181. The third kappa shape index (κ3) is 4.02. The highest BCUT2D eigenvalue weighted by Gasteiger charge is 2.07. The fourth-order valence-electron chi connectivity index (χ4n) is 1.79. The Morgan fingerprint density at radius 3 is 2.60 bits per heavy atom. The first-order valence-electron chi connectivity index (χ1n) is 6.59. The maximum absolute atomic E-state index is 5.17. The van der Waals surface area contributed by atoms with Crippen molar-refractivity contribution in [3.63, 3.8) is 0 Å². The van der Waals surface area contributed by atoms with Gasteiger partial charge in [0.2, 0.25) is 0 Å². The summed E-state index contributed by atoms with van der Waals surface area (Å²) in [5.74, 6) is 1.55. The molecular weight excluding hydrogens is 318 g/mol. The Labute approximate surface area is 127 Å². The molecule has 0 atom stereocenters. The first-order valence-corrected chi connectivity index (χ1v) is 7.39. The van der Waals surface area contributed by atoms with E-state index in [1.54, 1.807) is 7.11 Å². The van der Waals surface area contributed by atoms with Gasteiger partial charge in [0.05, 0.1) is 12.3 Å². The number of anilines is 1. The zero-order chi connectivity index (χ0) is 14.4. The van der Waals surface area contributed by atoms with E-state index in [4.69, 9.17) is 4.74 Å². The lowest BCUT2D eigenvalue weighted by Gasteiger charge is -2.09. The fraction of sp³-hybridized carbons (Fsp3) is 0.333. The number of aromatic nitrogens is 2. The van der Waals surface area contributed by atoms with Gasteiger partial charge in [-0.05, 0) is 18.6 Å². The maximum Gasteiger partial charge on any atom is 0.161 e. The number of ether oxygens (including phenoxy) is 1. The molecule has 5 heteroatoms. The Hall–Kier alpha value is -1.46. The summed E-state index contributed by atoms with van der Waals surface area (Å²) in [6, 6.07) is 9.91. The van der Waals surface area contributed by atoms with Crippen molar-refractivity contribution in [3.8, 4) is 11.4 Å². The highest BCUT2D eigenvalue weighted by atomic mass is 79.9. The molecule has 0 aliphatic rings. The van der Waals surface area contributed by atoms with Crippen molar-refractivity contribution < 1.29 is 4.74 Å². The summed E-state index contributed by atoms with van der Waals surface area (Å²) in [7, 11) is 1.67. The molecule has 4 nitrogen and oxygen atoms in total. The van der Waals surface area contributed by atoms with Crippen molar-refractivity contribution in [2.75, 3.05) is 19.0 Å². The second kappa shape index (κ2) is 7.36. The van der Waals surface area contributed by atoms with Crippen LogP contribution in [-0.2, 0) is 11.3 Å². The van der Waals surface area contributed by atoms with Crippen LogP contribution in [0.5, 0.6) is 0 Å². The Bertz CT molecular complexity index is 558. The molecule has 20 heavy (non-hydrogen) atoms. The van der Waals surface area contributed by atoms with E-state index in [1.807, 2.05) is 30.3 Å². The van der Waals surface area contributed by atoms with Crippen LogP contribution in [0.1, 0.15) is 19.0 Å². The number of nitrogens with one attached hydrogen (secondary N) is 1. The van der Waals surface area contributed by atoms with Gasteiger partial charge in [-0.15, -0.1) is 0 Å². The third-order valence-electron chi connectivity index (χ3n) is 2.73. The highest BCUT2D eigenvalue weighted by Crippen LogP contribution is 2.21. The molecule has 0 aliphatic heterocycles. The van der Waals surface area contributed by atoms with E-state index in [0.717, 1.165) is 34.5 Å². The summed E-state index contributed by atoms with van der Waals surface area (Å²) in [4.78, 5) is 9.10. The van der Waals surface area contributed by atoms with Crippen molar-refractivity contribution >= 4 is 21.7 Å². The first-order chi connectivity index (χ1) is 9.72. The second-order valence-corrected chi connectivity index (χ2v) is 5.35. The van der Waals surface area contributed by atoms with Crippen LogP contribution in [0.4, 0.5) is 5.82 Å². The van der Waals surface area contributed by atoms with Crippen molar-refractivity contribution in [2.24, 2.45) is 0 Å². The first kappa shape index (κ1) is 14.9. The number of hydrogen-bond acceptors (Lipinski definition) is 4. The summed E-state index contributed by atoms with van der Waals surface area (Å²) in [6.07, 6.45) is 1.05. The van der Waals surface area contributed by atoms with Gasteiger partial charge in [0, 0.05) is 29.8 Å². The minimum atomic E-state index is 0.479. The lowest BCUT2D eigenvalue weighted by Crippen LogP contribution is -2.06. The molecule has 1 aromatic carbocycles. The van der Waals surface area contributed by atoms with E-state index in [2.05, 4.69) is 38.1 Å². The predicted molar refractivity (Wildman–Crippen MR) is 84.7 cm³/mol. The smallest absolute Gasteiger partial charge is 0.161 e. The van der Waals surface area contributed by atoms with E-state index in [1.165, 1.54) is 0 Å². The molecular formula is C15H18BrN3O. The summed E-state index contributed by atoms with van der Waals surface area (Å²) in [6.45, 7) is 3.50. The molecule has 2 aromatic rings. The monoisotopic (exact) mass is 335 g/mol. The Morgan fingerprint density at radius 1 is 1.20 bits per heavy atom. The van der Waals surface area contributed by atoms with Gasteiger partial charge >= 0.3 is 0 Å². The molecule has 106 valence electrons. The summed E-state index contributed by atoms with van der Waals surface area (Å²) in [5.41, 5.74) is 1.87. The Kier molecular flexibility index (Phi) is 5.49. The largest absolute Gasteiger partial charge is 0.378 e. The van der Waals surface area contributed by atoms with Crippen LogP contribution >= 0.6 is 15.9 Å². The molecule has 2 rings (SSSR count). The number of rotatable bonds is 6. The molecule has 0 unspecified atom stereocenters. The van der Waals surface area contributed by atoms with Gasteiger partial charge in [-0.1, -0.05) is 35.0 Å². The van der Waals surface area contributed by atoms with Crippen molar-refractivity contribution in [2.45, 2.75) is 20.0 Å². The van der Waals surface area contributed by atoms with Gasteiger partial charge in [-0.25, -0.2) is 9.97 Å². The topological polar surface area (TPSA) is 47.0 Å². The van der Waals surface area contributed by atoms with Gasteiger partial charge in [-0.3, -0.25) is 0 Å². The molecule has 1 heterocycles. The summed E-state index contributed by atoms with van der Waals surface area (Å²) in [5, 5.41) is 3.30. The molecule has 0 fully saturated rings. The lowest BCUT2D eigenvalue weighted by atomic mass is 10.2. The average Bonchev–Trinajstić information content (AvgIpc) is 2.46. The molecule has 0 saturated carbocycles. The Morgan fingerprint density at radius 2 is 1.95 bits per heavy atom. The molecule has 0 radical (unpaired) electrons. The van der Waals surface area contributed by atoms with Crippen LogP contribution < -0.4 is 5.32 Å². The van der Waals surface area contributed by atoms with Gasteiger partial charge < -0.3 is 10.1 Å². The minimum Gasteiger partial charge on any atom is -0.378 e. The average molecular weight is 336 g/mol. The normalized spacial score (nSPS) is 10.6. The van der Waals surface area contributed by atoms with Crippen LogP contribution in [0.3, 0.4) is 0 Å². The molecule has 0 aliphatic carbocycles. The van der Waals surface area contributed by atoms with E-state index < -0.39 is 0 Å². The molecule has 0 spiro atoms. The zero-order valence-electron chi connectivity index (χ0n) is 11.7. The standard InChI is InChI=1S/C15H18BrN3O/c1-3-8-17-14-9-13(10-20-2)18-15(19-14)11-4-6-12(16)7-5-11/h4-7,9H,3,8,10H2,1-2H3,(H,17,18,19). The number of benzene rings is 1. The number of methoxy groups -OCH3 is 1. The van der Waals surface area contributed by atoms with Gasteiger partial charge in [0.15, 0.2) is 5.82 Å². The second-order valence-electron chi connectivity index (χ2n) is 4.43. The van der Waals surface area contributed by atoms with Crippen LogP contribution in [0, 0.1) is 0 Å². The van der Waals surface area contributed by atoms with E-state index in [0.29, 0.717) is 12.4 Å². The predicted octanol–water partition coefficient (Wildman–Crippen LogP) is 3.87. The van der Waals surface area contributed by atoms with Crippen LogP contribution in [0.25, 0.3) is 11.4 Å². The quantitative estimate of drug-likeness (QED) is 0.870. The third-order valence-corrected chi connectivity index (χ3v) is 3.26. The number of hydrogen-bond donors (Lipinski definition) is 1. The van der Waals surface area contributed by atoms with Crippen molar-refractivity contribution in [1.82, 2.24) is 9.97 Å². The fourth-order valence-corrected chi connectivity index (χ4v) is 2.06. The minimum absolute atomic E-state index is 0.479. The molecule has 0 amide bonds. The zero-order valence-corrected chi connectivity index (χ0v) is 13.3. The maximum atomic E-state index is 5.17. The van der Waals surface area contributed by atoms with Gasteiger partial charge in [0.1, 0.15) is 5.82 Å². The van der Waals surface area contributed by atoms with E-state index in [9.17, 15) is 0 Å². The molecule has 0 saturated heterocycles. The van der Waals surface area contributed by atoms with Gasteiger partial charge in [-0.2, -0.15) is 0 Å². The molecule has 1 N–H and O–H groups in total. The van der Waals surface area contributed by atoms with Crippen LogP contribution in [0.15, 0.2) is 34.8 Å².